The van der Waals surface area contributed by atoms with E-state index in [1.54, 1.807) is 11.0 Å². The molecule has 3 rings (SSSR count). The van der Waals surface area contributed by atoms with E-state index in [2.05, 4.69) is 20.5 Å². The molecule has 3 heterocycles. The van der Waals surface area contributed by atoms with Crippen molar-refractivity contribution in [1.29, 1.82) is 0 Å². The lowest BCUT2D eigenvalue weighted by Gasteiger charge is -2.31. The lowest BCUT2D eigenvalue weighted by Crippen LogP contribution is -2.42. The van der Waals surface area contributed by atoms with E-state index in [4.69, 9.17) is 4.74 Å². The Morgan fingerprint density at radius 1 is 1.50 bits per heavy atom. The zero-order valence-corrected chi connectivity index (χ0v) is 14.4. The second-order valence-electron chi connectivity index (χ2n) is 5.57. The van der Waals surface area contributed by atoms with Crippen molar-refractivity contribution in [3.8, 4) is 0 Å². The van der Waals surface area contributed by atoms with Gasteiger partial charge in [-0.15, -0.1) is 11.3 Å². The van der Waals surface area contributed by atoms with Gasteiger partial charge >= 0.3 is 0 Å². The van der Waals surface area contributed by atoms with E-state index in [1.165, 1.54) is 18.3 Å². The molecule has 1 saturated heterocycles. The standard InChI is InChI=1S/C15H19N5O3S/c1-9-17-14(19-18-9)12-8-20(5-6-23-12)15(22)13-4-3-11(24-13)7-16-10(2)21/h3-4,12H,5-8H2,1-2H3,(H,16,21)(H,17,18,19)/t12-/m1/s1. The first-order chi connectivity index (χ1) is 11.5. The molecular formula is C15H19N5O3S. The molecule has 9 heteroatoms. The number of carbonyl (C=O) groups is 2. The third-order valence-electron chi connectivity index (χ3n) is 3.64. The maximum atomic E-state index is 12.7. The van der Waals surface area contributed by atoms with Crippen molar-refractivity contribution < 1.29 is 14.3 Å². The number of hydrogen-bond acceptors (Lipinski definition) is 6. The smallest absolute Gasteiger partial charge is 0.264 e. The number of nitrogens with zero attached hydrogens (tertiary/aromatic N) is 3. The first-order valence-corrected chi connectivity index (χ1v) is 8.47. The van der Waals surface area contributed by atoms with Crippen LogP contribution < -0.4 is 5.32 Å². The van der Waals surface area contributed by atoms with Crippen LogP contribution in [0, 0.1) is 6.92 Å². The Bertz CT molecular complexity index is 741. The predicted molar refractivity (Wildman–Crippen MR) is 87.6 cm³/mol. The molecule has 0 spiro atoms. The molecule has 1 fully saturated rings. The van der Waals surface area contributed by atoms with Crippen molar-refractivity contribution in [3.63, 3.8) is 0 Å². The Hall–Kier alpha value is -2.26. The number of morpholine rings is 1. The first kappa shape index (κ1) is 16.6. The second-order valence-corrected chi connectivity index (χ2v) is 6.73. The number of hydrogen-bond donors (Lipinski definition) is 2. The zero-order chi connectivity index (χ0) is 17.1. The fourth-order valence-electron chi connectivity index (χ4n) is 2.45. The van der Waals surface area contributed by atoms with Crippen LogP contribution >= 0.6 is 11.3 Å². The van der Waals surface area contributed by atoms with Crippen molar-refractivity contribution in [2.45, 2.75) is 26.5 Å². The molecular weight excluding hydrogens is 330 g/mol. The van der Waals surface area contributed by atoms with E-state index in [1.807, 2.05) is 13.0 Å². The van der Waals surface area contributed by atoms with Gasteiger partial charge in [-0.1, -0.05) is 0 Å². The van der Waals surface area contributed by atoms with Crippen LogP contribution in [0.3, 0.4) is 0 Å². The molecule has 1 atom stereocenters. The lowest BCUT2D eigenvalue weighted by molar-refractivity contribution is -0.119. The minimum absolute atomic E-state index is 0.0327. The van der Waals surface area contributed by atoms with Gasteiger partial charge in [-0.25, -0.2) is 4.98 Å². The van der Waals surface area contributed by atoms with Gasteiger partial charge < -0.3 is 15.0 Å². The molecule has 0 radical (unpaired) electrons. The van der Waals surface area contributed by atoms with Crippen LogP contribution in [0.15, 0.2) is 12.1 Å². The van der Waals surface area contributed by atoms with Gasteiger partial charge in [-0.3, -0.25) is 14.7 Å². The maximum Gasteiger partial charge on any atom is 0.264 e. The summed E-state index contributed by atoms with van der Waals surface area (Å²) < 4.78 is 5.68. The average Bonchev–Trinajstić information content (AvgIpc) is 3.21. The van der Waals surface area contributed by atoms with E-state index in [0.717, 1.165) is 10.7 Å². The largest absolute Gasteiger partial charge is 0.366 e. The summed E-state index contributed by atoms with van der Waals surface area (Å²) >= 11 is 1.39. The lowest BCUT2D eigenvalue weighted by atomic mass is 10.2. The van der Waals surface area contributed by atoms with Gasteiger partial charge in [0.2, 0.25) is 5.91 Å². The molecule has 8 nitrogen and oxygen atoms in total. The molecule has 24 heavy (non-hydrogen) atoms. The van der Waals surface area contributed by atoms with Crippen LogP contribution in [0.4, 0.5) is 0 Å². The van der Waals surface area contributed by atoms with Gasteiger partial charge in [0.25, 0.3) is 5.91 Å². The summed E-state index contributed by atoms with van der Waals surface area (Å²) in [5, 5.41) is 9.64. The zero-order valence-electron chi connectivity index (χ0n) is 13.5. The van der Waals surface area contributed by atoms with E-state index in [0.29, 0.717) is 36.9 Å². The minimum Gasteiger partial charge on any atom is -0.366 e. The number of aromatic amines is 1. The van der Waals surface area contributed by atoms with Gasteiger partial charge in [-0.05, 0) is 19.1 Å². The molecule has 0 bridgehead atoms. The highest BCUT2D eigenvalue weighted by Gasteiger charge is 2.29. The summed E-state index contributed by atoms with van der Waals surface area (Å²) in [5.41, 5.74) is 0. The number of aryl methyl sites for hydroxylation is 1. The van der Waals surface area contributed by atoms with E-state index >= 15 is 0 Å². The molecule has 0 saturated carbocycles. The van der Waals surface area contributed by atoms with Crippen molar-refractivity contribution in [1.82, 2.24) is 25.4 Å². The molecule has 1 aliphatic rings. The third-order valence-corrected chi connectivity index (χ3v) is 4.71. The molecule has 0 aromatic carbocycles. The van der Waals surface area contributed by atoms with Gasteiger partial charge in [0, 0.05) is 18.3 Å². The molecule has 0 unspecified atom stereocenters. The quantitative estimate of drug-likeness (QED) is 0.858. The highest BCUT2D eigenvalue weighted by atomic mass is 32.1. The molecule has 0 aliphatic carbocycles. The predicted octanol–water partition coefficient (Wildman–Crippen LogP) is 1.02. The van der Waals surface area contributed by atoms with E-state index < -0.39 is 0 Å². The van der Waals surface area contributed by atoms with Gasteiger partial charge in [0.1, 0.15) is 11.9 Å². The highest BCUT2D eigenvalue weighted by molar-refractivity contribution is 7.14. The van der Waals surface area contributed by atoms with Crippen LogP contribution in [0.2, 0.25) is 0 Å². The summed E-state index contributed by atoms with van der Waals surface area (Å²) in [4.78, 5) is 31.3. The van der Waals surface area contributed by atoms with Crippen LogP contribution in [-0.2, 0) is 16.1 Å². The number of amides is 2. The maximum absolute atomic E-state index is 12.7. The molecule has 2 amide bonds. The Morgan fingerprint density at radius 3 is 3.04 bits per heavy atom. The van der Waals surface area contributed by atoms with Crippen LogP contribution in [0.5, 0.6) is 0 Å². The summed E-state index contributed by atoms with van der Waals surface area (Å²) in [6, 6.07) is 3.66. The Labute approximate surface area is 143 Å². The first-order valence-electron chi connectivity index (χ1n) is 7.66. The van der Waals surface area contributed by atoms with Gasteiger partial charge in [0.05, 0.1) is 24.6 Å². The van der Waals surface area contributed by atoms with Gasteiger partial charge in [-0.2, -0.15) is 5.10 Å². The van der Waals surface area contributed by atoms with Crippen LogP contribution in [0.25, 0.3) is 0 Å². The van der Waals surface area contributed by atoms with Crippen molar-refractivity contribution in [2.75, 3.05) is 19.7 Å². The fraction of sp³-hybridized carbons (Fsp3) is 0.467. The Balaban J connectivity index is 1.65. The number of nitrogens with one attached hydrogen (secondary N) is 2. The molecule has 128 valence electrons. The summed E-state index contributed by atoms with van der Waals surface area (Å²) in [5.74, 6) is 1.17. The monoisotopic (exact) mass is 349 g/mol. The average molecular weight is 349 g/mol. The number of H-pyrrole nitrogens is 1. The second kappa shape index (κ2) is 7.10. The minimum atomic E-state index is -0.313. The number of thiophene rings is 1. The molecule has 1 aliphatic heterocycles. The summed E-state index contributed by atoms with van der Waals surface area (Å²) in [7, 11) is 0. The number of ether oxygens (including phenoxy) is 1. The van der Waals surface area contributed by atoms with Crippen LogP contribution in [-0.4, -0.2) is 51.6 Å². The van der Waals surface area contributed by atoms with E-state index in [9.17, 15) is 9.59 Å². The number of rotatable bonds is 4. The highest BCUT2D eigenvalue weighted by Crippen LogP contribution is 2.23. The SMILES string of the molecule is CC(=O)NCc1ccc(C(=O)N2CCO[C@@H](c3n[nH]c(C)n3)C2)s1. The topological polar surface area (TPSA) is 100 Å². The molecule has 2 aromatic heterocycles. The molecule has 2 N–H and O–H groups in total. The third kappa shape index (κ3) is 3.80. The van der Waals surface area contributed by atoms with Crippen molar-refractivity contribution >= 4 is 23.2 Å². The van der Waals surface area contributed by atoms with Crippen molar-refractivity contribution in [2.24, 2.45) is 0 Å². The van der Waals surface area contributed by atoms with Crippen molar-refractivity contribution in [3.05, 3.63) is 33.5 Å². The van der Waals surface area contributed by atoms with Gasteiger partial charge in [0.15, 0.2) is 5.82 Å². The number of aromatic nitrogens is 3. The Morgan fingerprint density at radius 2 is 2.33 bits per heavy atom. The van der Waals surface area contributed by atoms with E-state index in [-0.39, 0.29) is 17.9 Å². The Kier molecular flexibility index (Phi) is 4.91. The fourth-order valence-corrected chi connectivity index (χ4v) is 3.36. The summed E-state index contributed by atoms with van der Waals surface area (Å²) in [6.45, 7) is 5.15. The molecule has 2 aromatic rings. The van der Waals surface area contributed by atoms with Crippen LogP contribution in [0.1, 0.15) is 39.2 Å². The normalized spacial score (nSPS) is 17.8. The summed E-state index contributed by atoms with van der Waals surface area (Å²) in [6.07, 6.45) is -0.313. The number of carbonyl (C=O) groups excluding carboxylic acids is 2.